The number of methoxy groups -OCH3 is 1. The molecule has 2 heterocycles. The summed E-state index contributed by atoms with van der Waals surface area (Å²) in [6.45, 7) is 2.03. The number of para-hydroxylation sites is 1. The van der Waals surface area contributed by atoms with Crippen molar-refractivity contribution in [2.75, 3.05) is 24.9 Å². The summed E-state index contributed by atoms with van der Waals surface area (Å²) >= 11 is 0. The van der Waals surface area contributed by atoms with Crippen molar-refractivity contribution in [2.24, 2.45) is 7.05 Å². The molecule has 0 aliphatic carbocycles. The lowest BCUT2D eigenvalue weighted by Gasteiger charge is -2.17. The SMILES string of the molecule is CONC(=O)c1cnc(Nc2ccc(C)cc2)cc1Nc1cccc(-c2cnn(C)c2)c1OC. The molecular formula is C25H26N6O3. The lowest BCUT2D eigenvalue weighted by Crippen LogP contribution is -2.23. The average Bonchev–Trinajstić information content (AvgIpc) is 3.27. The van der Waals surface area contributed by atoms with E-state index in [4.69, 9.17) is 9.57 Å². The summed E-state index contributed by atoms with van der Waals surface area (Å²) < 4.78 is 7.47. The molecule has 0 atom stereocenters. The molecule has 0 fully saturated rings. The van der Waals surface area contributed by atoms with E-state index in [0.29, 0.717) is 28.5 Å². The van der Waals surface area contributed by atoms with Gasteiger partial charge < -0.3 is 15.4 Å². The van der Waals surface area contributed by atoms with Gasteiger partial charge in [-0.3, -0.25) is 14.3 Å². The zero-order chi connectivity index (χ0) is 24.1. The molecule has 0 radical (unpaired) electrons. The highest BCUT2D eigenvalue weighted by Gasteiger charge is 2.17. The Morgan fingerprint density at radius 2 is 1.79 bits per heavy atom. The third kappa shape index (κ3) is 5.00. The summed E-state index contributed by atoms with van der Waals surface area (Å²) in [5.41, 5.74) is 7.70. The van der Waals surface area contributed by atoms with Gasteiger partial charge in [-0.05, 0) is 25.1 Å². The van der Waals surface area contributed by atoms with E-state index in [-0.39, 0.29) is 0 Å². The number of aryl methyl sites for hydroxylation is 2. The van der Waals surface area contributed by atoms with Crippen molar-refractivity contribution in [3.8, 4) is 16.9 Å². The minimum Gasteiger partial charge on any atom is -0.494 e. The third-order valence-corrected chi connectivity index (χ3v) is 5.17. The molecule has 9 heteroatoms. The number of hydrogen-bond acceptors (Lipinski definition) is 7. The first-order valence-corrected chi connectivity index (χ1v) is 10.6. The van der Waals surface area contributed by atoms with Crippen molar-refractivity contribution in [1.29, 1.82) is 0 Å². The van der Waals surface area contributed by atoms with E-state index in [9.17, 15) is 4.79 Å². The number of carbonyl (C=O) groups is 1. The van der Waals surface area contributed by atoms with E-state index >= 15 is 0 Å². The number of ether oxygens (including phenoxy) is 1. The normalized spacial score (nSPS) is 10.6. The van der Waals surface area contributed by atoms with Gasteiger partial charge in [0.15, 0.2) is 0 Å². The molecule has 4 aromatic rings. The molecule has 3 N–H and O–H groups in total. The van der Waals surface area contributed by atoms with E-state index in [2.05, 4.69) is 26.2 Å². The number of nitrogens with one attached hydrogen (secondary N) is 3. The molecule has 2 aromatic carbocycles. The Morgan fingerprint density at radius 3 is 2.47 bits per heavy atom. The van der Waals surface area contributed by atoms with Gasteiger partial charge in [0.2, 0.25) is 0 Å². The fourth-order valence-electron chi connectivity index (χ4n) is 3.53. The lowest BCUT2D eigenvalue weighted by molar-refractivity contribution is 0.0538. The van der Waals surface area contributed by atoms with Crippen LogP contribution >= 0.6 is 0 Å². The molecule has 0 unspecified atom stereocenters. The first-order valence-electron chi connectivity index (χ1n) is 10.6. The number of carbonyl (C=O) groups excluding carboxylic acids is 1. The van der Waals surface area contributed by atoms with Gasteiger partial charge in [-0.2, -0.15) is 5.10 Å². The van der Waals surface area contributed by atoms with Crippen LogP contribution in [0.2, 0.25) is 0 Å². The third-order valence-electron chi connectivity index (χ3n) is 5.17. The number of hydroxylamine groups is 1. The number of pyridine rings is 1. The quantitative estimate of drug-likeness (QED) is 0.332. The molecule has 1 amide bonds. The summed E-state index contributed by atoms with van der Waals surface area (Å²) in [7, 11) is 4.85. The van der Waals surface area contributed by atoms with E-state index in [1.165, 1.54) is 13.3 Å². The van der Waals surface area contributed by atoms with Gasteiger partial charge in [-0.15, -0.1) is 0 Å². The summed E-state index contributed by atoms with van der Waals surface area (Å²) in [5, 5.41) is 10.9. The molecular weight excluding hydrogens is 432 g/mol. The molecule has 0 saturated heterocycles. The smallest absolute Gasteiger partial charge is 0.278 e. The van der Waals surface area contributed by atoms with Gasteiger partial charge in [0.05, 0.1) is 37.4 Å². The molecule has 2 aromatic heterocycles. The van der Waals surface area contributed by atoms with Crippen molar-refractivity contribution < 1.29 is 14.4 Å². The summed E-state index contributed by atoms with van der Waals surface area (Å²) in [4.78, 5) is 21.9. The van der Waals surface area contributed by atoms with Crippen LogP contribution in [0.25, 0.3) is 11.1 Å². The van der Waals surface area contributed by atoms with E-state index in [1.807, 2.05) is 62.6 Å². The van der Waals surface area contributed by atoms with Crippen LogP contribution in [0.1, 0.15) is 15.9 Å². The second-order valence-electron chi connectivity index (χ2n) is 7.66. The van der Waals surface area contributed by atoms with Crippen LogP contribution in [0.4, 0.5) is 22.9 Å². The molecule has 34 heavy (non-hydrogen) atoms. The van der Waals surface area contributed by atoms with Crippen molar-refractivity contribution >= 4 is 28.8 Å². The standard InChI is InChI=1S/C25H26N6O3/c1-16-8-10-18(11-9-16)28-23-12-22(20(14-26-23)25(32)30-34-4)29-21-7-5-6-19(24(21)33-3)17-13-27-31(2)15-17/h5-15H,1-4H3,(H,30,32)(H2,26,28,29). The van der Waals surface area contributed by atoms with Crippen LogP contribution in [0, 0.1) is 6.92 Å². The zero-order valence-corrected chi connectivity index (χ0v) is 19.4. The monoisotopic (exact) mass is 458 g/mol. The summed E-state index contributed by atoms with van der Waals surface area (Å²) in [5.74, 6) is 0.767. The van der Waals surface area contributed by atoms with E-state index < -0.39 is 5.91 Å². The van der Waals surface area contributed by atoms with Gasteiger partial charge in [0, 0.05) is 42.3 Å². The molecule has 0 saturated carbocycles. The van der Waals surface area contributed by atoms with Crippen LogP contribution in [-0.2, 0) is 11.9 Å². The van der Waals surface area contributed by atoms with Crippen LogP contribution in [0.15, 0.2) is 67.1 Å². The first-order chi connectivity index (χ1) is 16.5. The minimum absolute atomic E-state index is 0.310. The molecule has 0 aliphatic heterocycles. The maximum atomic E-state index is 12.6. The lowest BCUT2D eigenvalue weighted by atomic mass is 10.1. The minimum atomic E-state index is -0.429. The number of amides is 1. The van der Waals surface area contributed by atoms with Crippen LogP contribution in [0.5, 0.6) is 5.75 Å². The number of aromatic nitrogens is 3. The van der Waals surface area contributed by atoms with Crippen LogP contribution < -0.4 is 20.9 Å². The molecule has 4 rings (SSSR count). The van der Waals surface area contributed by atoms with Gasteiger partial charge >= 0.3 is 0 Å². The van der Waals surface area contributed by atoms with Crippen molar-refractivity contribution in [2.45, 2.75) is 6.92 Å². The molecule has 174 valence electrons. The Morgan fingerprint density at radius 1 is 1.00 bits per heavy atom. The number of rotatable bonds is 8. The number of hydrogen-bond donors (Lipinski definition) is 3. The predicted molar refractivity (Wildman–Crippen MR) is 132 cm³/mol. The molecule has 9 nitrogen and oxygen atoms in total. The second-order valence-corrected chi connectivity index (χ2v) is 7.66. The summed E-state index contributed by atoms with van der Waals surface area (Å²) in [6, 6.07) is 15.5. The average molecular weight is 459 g/mol. The number of anilines is 4. The number of nitrogens with zero attached hydrogens (tertiary/aromatic N) is 3. The Labute approximate surface area is 197 Å². The fourth-order valence-corrected chi connectivity index (χ4v) is 3.53. The van der Waals surface area contributed by atoms with Crippen molar-refractivity contribution in [1.82, 2.24) is 20.2 Å². The van der Waals surface area contributed by atoms with Crippen LogP contribution in [0.3, 0.4) is 0 Å². The van der Waals surface area contributed by atoms with E-state index in [1.54, 1.807) is 24.1 Å². The maximum absolute atomic E-state index is 12.6. The van der Waals surface area contributed by atoms with Gasteiger partial charge in [0.25, 0.3) is 5.91 Å². The molecule has 0 bridgehead atoms. The highest BCUT2D eigenvalue weighted by atomic mass is 16.6. The Balaban J connectivity index is 1.73. The fraction of sp³-hybridized carbons (Fsp3) is 0.160. The summed E-state index contributed by atoms with van der Waals surface area (Å²) in [6.07, 6.45) is 5.18. The molecule has 0 spiro atoms. The largest absolute Gasteiger partial charge is 0.494 e. The van der Waals surface area contributed by atoms with Gasteiger partial charge in [0.1, 0.15) is 11.6 Å². The van der Waals surface area contributed by atoms with E-state index in [0.717, 1.165) is 22.4 Å². The van der Waals surface area contributed by atoms with Crippen LogP contribution in [-0.4, -0.2) is 34.9 Å². The highest BCUT2D eigenvalue weighted by molar-refractivity contribution is 6.00. The molecule has 0 aliphatic rings. The van der Waals surface area contributed by atoms with Crippen molar-refractivity contribution in [3.05, 3.63) is 78.2 Å². The van der Waals surface area contributed by atoms with Gasteiger partial charge in [-0.1, -0.05) is 29.8 Å². The zero-order valence-electron chi connectivity index (χ0n) is 19.4. The first kappa shape index (κ1) is 22.8. The van der Waals surface area contributed by atoms with Gasteiger partial charge in [-0.25, -0.2) is 10.5 Å². The Bertz CT molecular complexity index is 1300. The topological polar surface area (TPSA) is 102 Å². The maximum Gasteiger partial charge on any atom is 0.278 e. The second kappa shape index (κ2) is 10.1. The Kier molecular flexibility index (Phi) is 6.74. The highest BCUT2D eigenvalue weighted by Crippen LogP contribution is 2.38. The predicted octanol–water partition coefficient (Wildman–Crippen LogP) is 4.58. The van der Waals surface area contributed by atoms with Crippen molar-refractivity contribution in [3.63, 3.8) is 0 Å². The number of benzene rings is 2. The Hall–Kier alpha value is -4.37.